The monoisotopic (exact) mass is 250 g/mol. The lowest BCUT2D eigenvalue weighted by Crippen LogP contribution is -2.38. The van der Waals surface area contributed by atoms with E-state index < -0.39 is 0 Å². The summed E-state index contributed by atoms with van der Waals surface area (Å²) in [4.78, 5) is 10.0. The maximum atomic E-state index is 4.29. The molecule has 0 radical (unpaired) electrons. The Balaban J connectivity index is 1.57. The number of nitrogens with zero attached hydrogens (tertiary/aromatic N) is 2. The molecular formula is C14H26N4. The summed E-state index contributed by atoms with van der Waals surface area (Å²) < 4.78 is 0. The lowest BCUT2D eigenvalue weighted by Gasteiger charge is -2.33. The van der Waals surface area contributed by atoms with E-state index in [0.29, 0.717) is 0 Å². The lowest BCUT2D eigenvalue weighted by atomic mass is 10.0. The van der Waals surface area contributed by atoms with Gasteiger partial charge >= 0.3 is 0 Å². The highest BCUT2D eigenvalue weighted by molar-refractivity contribution is 5.07. The molecule has 0 saturated carbocycles. The fraction of sp³-hybridized carbons (Fsp3) is 0.786. The number of H-pyrrole nitrogens is 1. The van der Waals surface area contributed by atoms with Crippen LogP contribution in [0.25, 0.3) is 0 Å². The zero-order valence-electron chi connectivity index (χ0n) is 11.7. The predicted molar refractivity (Wildman–Crippen MR) is 74.5 cm³/mol. The second-order valence-electron chi connectivity index (χ2n) is 5.39. The van der Waals surface area contributed by atoms with Gasteiger partial charge in [0.2, 0.25) is 0 Å². The summed E-state index contributed by atoms with van der Waals surface area (Å²) in [6.45, 7) is 8.91. The first kappa shape index (κ1) is 13.6. The Bertz CT molecular complexity index is 347. The highest BCUT2D eigenvalue weighted by atomic mass is 15.2. The van der Waals surface area contributed by atoms with Crippen molar-refractivity contribution < 1.29 is 0 Å². The van der Waals surface area contributed by atoms with Crippen molar-refractivity contribution in [1.82, 2.24) is 20.2 Å². The number of rotatable bonds is 6. The molecule has 0 bridgehead atoms. The second-order valence-corrected chi connectivity index (χ2v) is 5.39. The first-order valence-corrected chi connectivity index (χ1v) is 7.21. The predicted octanol–water partition coefficient (Wildman–Crippen LogP) is 2.07. The van der Waals surface area contributed by atoms with Crippen LogP contribution in [0.2, 0.25) is 0 Å². The zero-order chi connectivity index (χ0) is 12.8. The minimum atomic E-state index is 0.785. The third kappa shape index (κ3) is 3.82. The summed E-state index contributed by atoms with van der Waals surface area (Å²) in [6.07, 6.45) is 7.16. The summed E-state index contributed by atoms with van der Waals surface area (Å²) in [5.74, 6) is 0. The molecule has 0 aliphatic carbocycles. The number of hydrogen-bond acceptors (Lipinski definition) is 3. The summed E-state index contributed by atoms with van der Waals surface area (Å²) in [6, 6.07) is 0.785. The van der Waals surface area contributed by atoms with Crippen molar-refractivity contribution in [3.63, 3.8) is 0 Å². The van der Waals surface area contributed by atoms with Crippen LogP contribution in [0, 0.1) is 6.92 Å². The Morgan fingerprint density at radius 3 is 3.11 bits per heavy atom. The number of likely N-dealkylation sites (tertiary alicyclic amines) is 1. The van der Waals surface area contributed by atoms with Crippen molar-refractivity contribution in [2.75, 3.05) is 19.6 Å². The number of hydrogen-bond donors (Lipinski definition) is 2. The summed E-state index contributed by atoms with van der Waals surface area (Å²) in [5, 5.41) is 3.47. The van der Waals surface area contributed by atoms with Crippen molar-refractivity contribution >= 4 is 0 Å². The average molecular weight is 250 g/mol. The first-order chi connectivity index (χ1) is 8.77. The van der Waals surface area contributed by atoms with Gasteiger partial charge in [0.1, 0.15) is 0 Å². The highest BCUT2D eigenvalue weighted by Crippen LogP contribution is 2.16. The number of aryl methyl sites for hydroxylation is 1. The molecule has 1 saturated heterocycles. The number of piperidine rings is 1. The topological polar surface area (TPSA) is 44.0 Å². The van der Waals surface area contributed by atoms with Crippen LogP contribution in [0.4, 0.5) is 0 Å². The van der Waals surface area contributed by atoms with E-state index in [1.807, 2.05) is 0 Å². The zero-order valence-corrected chi connectivity index (χ0v) is 11.7. The van der Waals surface area contributed by atoms with E-state index in [1.54, 1.807) is 6.33 Å². The average Bonchev–Trinajstić information content (AvgIpc) is 2.77. The third-order valence-corrected chi connectivity index (χ3v) is 3.97. The van der Waals surface area contributed by atoms with Gasteiger partial charge in [-0.3, -0.25) is 0 Å². The Labute approximate surface area is 110 Å². The van der Waals surface area contributed by atoms with E-state index in [0.717, 1.165) is 24.8 Å². The lowest BCUT2D eigenvalue weighted by molar-refractivity contribution is 0.159. The van der Waals surface area contributed by atoms with Crippen LogP contribution in [0.15, 0.2) is 6.33 Å². The van der Waals surface area contributed by atoms with E-state index in [-0.39, 0.29) is 0 Å². The van der Waals surface area contributed by atoms with Crippen LogP contribution in [-0.2, 0) is 6.54 Å². The molecule has 1 unspecified atom stereocenters. The first-order valence-electron chi connectivity index (χ1n) is 7.21. The number of aromatic amines is 1. The van der Waals surface area contributed by atoms with Gasteiger partial charge in [-0.1, -0.05) is 6.42 Å². The Hall–Kier alpha value is -0.870. The van der Waals surface area contributed by atoms with Crippen molar-refractivity contribution in [3.8, 4) is 0 Å². The molecule has 1 aromatic heterocycles. The quantitative estimate of drug-likeness (QED) is 0.760. The van der Waals surface area contributed by atoms with Crippen LogP contribution >= 0.6 is 0 Å². The molecule has 18 heavy (non-hydrogen) atoms. The van der Waals surface area contributed by atoms with Crippen molar-refractivity contribution in [3.05, 3.63) is 17.7 Å². The standard InChI is InChI=1S/C14H26N4/c1-12-6-3-4-8-18(12)9-5-7-15-10-14-13(2)16-11-17-14/h11-12,15H,3-10H2,1-2H3,(H,16,17). The van der Waals surface area contributed by atoms with E-state index in [4.69, 9.17) is 0 Å². The van der Waals surface area contributed by atoms with Gasteiger partial charge < -0.3 is 15.2 Å². The number of aromatic nitrogens is 2. The van der Waals surface area contributed by atoms with Crippen LogP contribution in [0.1, 0.15) is 44.0 Å². The Morgan fingerprint density at radius 1 is 1.50 bits per heavy atom. The molecule has 1 aliphatic heterocycles. The van der Waals surface area contributed by atoms with E-state index in [1.165, 1.54) is 44.5 Å². The minimum absolute atomic E-state index is 0.785. The van der Waals surface area contributed by atoms with Gasteiger partial charge in [-0.25, -0.2) is 4.98 Å². The molecule has 1 aliphatic rings. The molecule has 4 heteroatoms. The van der Waals surface area contributed by atoms with Gasteiger partial charge in [0.25, 0.3) is 0 Å². The molecule has 0 amide bonds. The van der Waals surface area contributed by atoms with Gasteiger partial charge in [-0.15, -0.1) is 0 Å². The van der Waals surface area contributed by atoms with Crippen LogP contribution in [-0.4, -0.2) is 40.5 Å². The molecule has 1 atom stereocenters. The SMILES string of the molecule is Cc1[nH]cnc1CNCCCN1CCCCC1C. The van der Waals surface area contributed by atoms with Gasteiger partial charge in [-0.05, 0) is 52.7 Å². The van der Waals surface area contributed by atoms with E-state index in [2.05, 4.69) is 34.0 Å². The maximum Gasteiger partial charge on any atom is 0.0925 e. The van der Waals surface area contributed by atoms with Crippen LogP contribution in [0.3, 0.4) is 0 Å². The van der Waals surface area contributed by atoms with Gasteiger partial charge in [0, 0.05) is 18.3 Å². The highest BCUT2D eigenvalue weighted by Gasteiger charge is 2.16. The molecule has 2 rings (SSSR count). The van der Waals surface area contributed by atoms with E-state index in [9.17, 15) is 0 Å². The summed E-state index contributed by atoms with van der Waals surface area (Å²) in [5.41, 5.74) is 2.31. The van der Waals surface area contributed by atoms with Crippen molar-refractivity contribution in [2.24, 2.45) is 0 Å². The smallest absolute Gasteiger partial charge is 0.0925 e. The number of nitrogens with one attached hydrogen (secondary N) is 2. The molecular weight excluding hydrogens is 224 g/mol. The molecule has 4 nitrogen and oxygen atoms in total. The summed E-state index contributed by atoms with van der Waals surface area (Å²) in [7, 11) is 0. The normalized spacial score (nSPS) is 21.3. The maximum absolute atomic E-state index is 4.29. The van der Waals surface area contributed by atoms with Gasteiger partial charge in [0.15, 0.2) is 0 Å². The molecule has 0 spiro atoms. The third-order valence-electron chi connectivity index (χ3n) is 3.97. The fourth-order valence-corrected chi connectivity index (χ4v) is 2.67. The summed E-state index contributed by atoms with van der Waals surface area (Å²) >= 11 is 0. The molecule has 1 aromatic rings. The van der Waals surface area contributed by atoms with Gasteiger partial charge in [-0.2, -0.15) is 0 Å². The molecule has 2 N–H and O–H groups in total. The largest absolute Gasteiger partial charge is 0.348 e. The van der Waals surface area contributed by atoms with Crippen molar-refractivity contribution in [2.45, 2.75) is 52.1 Å². The molecule has 2 heterocycles. The Morgan fingerprint density at radius 2 is 2.39 bits per heavy atom. The molecule has 102 valence electrons. The van der Waals surface area contributed by atoms with E-state index >= 15 is 0 Å². The van der Waals surface area contributed by atoms with Crippen LogP contribution < -0.4 is 5.32 Å². The van der Waals surface area contributed by atoms with Gasteiger partial charge in [0.05, 0.1) is 12.0 Å². The fourth-order valence-electron chi connectivity index (χ4n) is 2.67. The second kappa shape index (κ2) is 6.90. The molecule has 1 fully saturated rings. The number of imidazole rings is 1. The Kier molecular flexibility index (Phi) is 5.20. The van der Waals surface area contributed by atoms with Crippen molar-refractivity contribution in [1.29, 1.82) is 0 Å². The minimum Gasteiger partial charge on any atom is -0.348 e. The van der Waals surface area contributed by atoms with Crippen LogP contribution in [0.5, 0.6) is 0 Å². The molecule has 0 aromatic carbocycles.